The van der Waals surface area contributed by atoms with E-state index in [-0.39, 0.29) is 5.91 Å². The van der Waals surface area contributed by atoms with Gasteiger partial charge in [-0.2, -0.15) is 0 Å². The fraction of sp³-hybridized carbons (Fsp3) is 0.323. The number of fused-ring (bicyclic) bond motifs is 1. The molecule has 0 saturated heterocycles. The maximum atomic E-state index is 13.8. The van der Waals surface area contributed by atoms with Crippen LogP contribution in [0.15, 0.2) is 72.9 Å². The first kappa shape index (κ1) is 27.3. The first-order chi connectivity index (χ1) is 17.8. The van der Waals surface area contributed by atoms with Crippen LogP contribution >= 0.6 is 23.2 Å². The highest BCUT2D eigenvalue weighted by Crippen LogP contribution is 2.24. The van der Waals surface area contributed by atoms with Crippen molar-refractivity contribution in [2.45, 2.75) is 40.3 Å². The van der Waals surface area contributed by atoms with E-state index in [4.69, 9.17) is 23.2 Å². The van der Waals surface area contributed by atoms with Crippen molar-refractivity contribution in [3.05, 3.63) is 105 Å². The van der Waals surface area contributed by atoms with Crippen molar-refractivity contribution in [3.63, 3.8) is 0 Å². The Morgan fingerprint density at radius 3 is 2.38 bits per heavy atom. The number of para-hydroxylation sites is 1. The number of benzene rings is 3. The van der Waals surface area contributed by atoms with Crippen LogP contribution in [0.5, 0.6) is 0 Å². The lowest BCUT2D eigenvalue weighted by atomic mass is 10.1. The molecule has 0 aliphatic carbocycles. The lowest BCUT2D eigenvalue weighted by molar-refractivity contribution is -0.133. The molecule has 0 atom stereocenters. The van der Waals surface area contributed by atoms with Gasteiger partial charge in [0.1, 0.15) is 0 Å². The van der Waals surface area contributed by atoms with Crippen molar-refractivity contribution in [1.29, 1.82) is 0 Å². The van der Waals surface area contributed by atoms with Gasteiger partial charge in [-0.15, -0.1) is 0 Å². The number of H-pyrrole nitrogens is 1. The number of nitrogens with zero attached hydrogens (tertiary/aromatic N) is 2. The molecule has 0 saturated carbocycles. The van der Waals surface area contributed by atoms with E-state index >= 15 is 0 Å². The minimum atomic E-state index is 0.110. The van der Waals surface area contributed by atoms with Crippen LogP contribution in [-0.2, 0) is 24.3 Å². The SMILES string of the molecule is Cc1ccc(CN(CC(=O)N(CCc2c[nH]c3ccccc23)Cc2ccc(Cl)c(Cl)c2)CC(C)C)cc1. The van der Waals surface area contributed by atoms with Crippen LogP contribution in [0.1, 0.15) is 36.1 Å². The highest BCUT2D eigenvalue weighted by molar-refractivity contribution is 6.42. The second-order valence-corrected chi connectivity index (χ2v) is 11.0. The van der Waals surface area contributed by atoms with E-state index in [9.17, 15) is 4.79 Å². The van der Waals surface area contributed by atoms with E-state index in [1.165, 1.54) is 22.1 Å². The van der Waals surface area contributed by atoms with Crippen LogP contribution in [0.3, 0.4) is 0 Å². The van der Waals surface area contributed by atoms with Gasteiger partial charge in [0.25, 0.3) is 0 Å². The maximum Gasteiger partial charge on any atom is 0.237 e. The standard InChI is InChI=1S/C31H35Cl2N3O/c1-22(2)18-35(19-24-10-8-23(3)9-11-24)21-31(37)36(20-25-12-13-28(32)29(33)16-25)15-14-26-17-34-30-7-5-4-6-27(26)30/h4-13,16-17,22,34H,14-15,18-21H2,1-3H3. The van der Waals surface area contributed by atoms with Crippen molar-refractivity contribution in [2.75, 3.05) is 19.6 Å². The molecule has 0 radical (unpaired) electrons. The summed E-state index contributed by atoms with van der Waals surface area (Å²) in [7, 11) is 0. The Morgan fingerprint density at radius 1 is 0.919 bits per heavy atom. The molecular weight excluding hydrogens is 501 g/mol. The second kappa shape index (κ2) is 12.6. The zero-order valence-corrected chi connectivity index (χ0v) is 23.3. The lowest BCUT2D eigenvalue weighted by Crippen LogP contribution is -2.42. The highest BCUT2D eigenvalue weighted by atomic mass is 35.5. The minimum Gasteiger partial charge on any atom is -0.361 e. The molecule has 0 bridgehead atoms. The summed E-state index contributed by atoms with van der Waals surface area (Å²) in [5.41, 5.74) is 5.74. The first-order valence-corrected chi connectivity index (χ1v) is 13.6. The third kappa shape index (κ3) is 7.61. The van der Waals surface area contributed by atoms with E-state index in [2.05, 4.69) is 73.3 Å². The number of hydrogen-bond acceptors (Lipinski definition) is 2. The van der Waals surface area contributed by atoms with Crippen molar-refractivity contribution < 1.29 is 4.79 Å². The fourth-order valence-corrected chi connectivity index (χ4v) is 5.01. The molecule has 1 N–H and O–H groups in total. The Morgan fingerprint density at radius 2 is 1.65 bits per heavy atom. The monoisotopic (exact) mass is 535 g/mol. The average molecular weight is 537 g/mol. The Kier molecular flexibility index (Phi) is 9.31. The van der Waals surface area contributed by atoms with Crippen LogP contribution in [0.4, 0.5) is 0 Å². The summed E-state index contributed by atoms with van der Waals surface area (Å²) >= 11 is 12.4. The first-order valence-electron chi connectivity index (χ1n) is 12.8. The quantitative estimate of drug-likeness (QED) is 0.215. The number of aromatic amines is 1. The molecule has 0 aliphatic heterocycles. The molecule has 3 aromatic carbocycles. The molecule has 4 nitrogen and oxygen atoms in total. The van der Waals surface area contributed by atoms with Crippen LogP contribution in [-0.4, -0.2) is 40.3 Å². The van der Waals surface area contributed by atoms with Crippen LogP contribution in [0.2, 0.25) is 10.0 Å². The van der Waals surface area contributed by atoms with Gasteiger partial charge in [0.15, 0.2) is 0 Å². The van der Waals surface area contributed by atoms with Gasteiger partial charge in [0, 0.05) is 43.3 Å². The molecule has 0 spiro atoms. The van der Waals surface area contributed by atoms with E-state index in [0.717, 1.165) is 30.6 Å². The van der Waals surface area contributed by atoms with Gasteiger partial charge in [-0.1, -0.05) is 91.1 Å². The molecule has 0 fully saturated rings. The minimum absolute atomic E-state index is 0.110. The Balaban J connectivity index is 1.53. The molecule has 4 rings (SSSR count). The third-order valence-electron chi connectivity index (χ3n) is 6.55. The number of nitrogens with one attached hydrogen (secondary N) is 1. The predicted molar refractivity (Wildman–Crippen MR) is 155 cm³/mol. The van der Waals surface area contributed by atoms with Crippen molar-refractivity contribution in [2.24, 2.45) is 5.92 Å². The second-order valence-electron chi connectivity index (χ2n) is 10.2. The molecule has 1 aromatic heterocycles. The summed E-state index contributed by atoms with van der Waals surface area (Å²) in [4.78, 5) is 21.3. The molecular formula is C31H35Cl2N3O. The van der Waals surface area contributed by atoms with Crippen LogP contribution in [0.25, 0.3) is 10.9 Å². The smallest absolute Gasteiger partial charge is 0.237 e. The molecule has 37 heavy (non-hydrogen) atoms. The van der Waals surface area contributed by atoms with Crippen molar-refractivity contribution in [1.82, 2.24) is 14.8 Å². The van der Waals surface area contributed by atoms with Crippen molar-refractivity contribution in [3.8, 4) is 0 Å². The lowest BCUT2D eigenvalue weighted by Gasteiger charge is -2.29. The van der Waals surface area contributed by atoms with Gasteiger partial charge in [0.05, 0.1) is 16.6 Å². The Labute approximate surface area is 230 Å². The number of hydrogen-bond donors (Lipinski definition) is 1. The summed E-state index contributed by atoms with van der Waals surface area (Å²) in [6.07, 6.45) is 2.81. The largest absolute Gasteiger partial charge is 0.361 e. The van der Waals surface area contributed by atoms with Crippen LogP contribution < -0.4 is 0 Å². The van der Waals surface area contributed by atoms with Gasteiger partial charge < -0.3 is 9.88 Å². The maximum absolute atomic E-state index is 13.8. The molecule has 0 unspecified atom stereocenters. The van der Waals surface area contributed by atoms with Gasteiger partial charge in [-0.05, 0) is 54.2 Å². The van der Waals surface area contributed by atoms with E-state index in [1.54, 1.807) is 6.07 Å². The van der Waals surface area contributed by atoms with Crippen molar-refractivity contribution >= 4 is 40.0 Å². The zero-order chi connectivity index (χ0) is 26.4. The normalized spacial score (nSPS) is 11.5. The summed E-state index contributed by atoms with van der Waals surface area (Å²) in [6, 6.07) is 22.4. The molecule has 6 heteroatoms. The number of aromatic nitrogens is 1. The van der Waals surface area contributed by atoms with Gasteiger partial charge in [-0.25, -0.2) is 0 Å². The summed E-state index contributed by atoms with van der Waals surface area (Å²) < 4.78 is 0. The number of carbonyl (C=O) groups is 1. The number of amides is 1. The molecule has 1 amide bonds. The number of carbonyl (C=O) groups excluding carboxylic acids is 1. The molecule has 4 aromatic rings. The topological polar surface area (TPSA) is 39.3 Å². The number of aryl methyl sites for hydroxylation is 1. The predicted octanol–water partition coefficient (Wildman–Crippen LogP) is 7.51. The van der Waals surface area contributed by atoms with E-state index < -0.39 is 0 Å². The summed E-state index contributed by atoms with van der Waals surface area (Å²) in [5.74, 6) is 0.562. The fourth-order valence-electron chi connectivity index (χ4n) is 4.69. The molecule has 194 valence electrons. The van der Waals surface area contributed by atoms with Crippen LogP contribution in [0, 0.1) is 12.8 Å². The van der Waals surface area contributed by atoms with Gasteiger partial charge in [0.2, 0.25) is 5.91 Å². The highest BCUT2D eigenvalue weighted by Gasteiger charge is 2.20. The third-order valence-corrected chi connectivity index (χ3v) is 7.28. The summed E-state index contributed by atoms with van der Waals surface area (Å²) in [6.45, 7) is 9.53. The number of rotatable bonds is 11. The summed E-state index contributed by atoms with van der Waals surface area (Å²) in [5, 5.41) is 2.22. The zero-order valence-electron chi connectivity index (χ0n) is 21.8. The Bertz CT molecular complexity index is 1330. The van der Waals surface area contributed by atoms with E-state index in [1.807, 2.05) is 29.2 Å². The van der Waals surface area contributed by atoms with Gasteiger partial charge in [-0.3, -0.25) is 9.69 Å². The molecule has 1 heterocycles. The Hall–Kier alpha value is -2.79. The average Bonchev–Trinajstić information content (AvgIpc) is 3.28. The van der Waals surface area contributed by atoms with Gasteiger partial charge >= 0.3 is 0 Å². The number of halogens is 2. The molecule has 0 aliphatic rings. The van der Waals surface area contributed by atoms with E-state index in [0.29, 0.717) is 35.6 Å².